The number of alkyl halides is 3. The highest BCUT2D eigenvalue weighted by molar-refractivity contribution is 6.30. The average molecular weight is 577 g/mol. The zero-order valence-electron chi connectivity index (χ0n) is 20.7. The lowest BCUT2D eigenvalue weighted by Crippen LogP contribution is -2.41. The highest BCUT2D eigenvalue weighted by atomic mass is 35.5. The summed E-state index contributed by atoms with van der Waals surface area (Å²) in [4.78, 5) is 31.6. The molecule has 3 aromatic heterocycles. The standard InChI is InChI=1S/C26H21Cl2F3N6O2/c1-3-20-33-23-21(34(20)2)24(38)36(13-15-4-6-17(27)7-5-15)25(39)35(23)14-16-12-32-37(22(16)26(29,30)31)19-10-8-18(28)9-11-19/h4-12H,3,13-14H2,1-2H3. The van der Waals surface area contributed by atoms with Crippen molar-refractivity contribution in [2.45, 2.75) is 32.6 Å². The van der Waals surface area contributed by atoms with E-state index in [1.54, 1.807) is 35.9 Å². The molecule has 0 spiro atoms. The number of aryl methyl sites for hydroxylation is 2. The Bertz CT molecular complexity index is 1800. The Balaban J connectivity index is 1.72. The molecule has 0 saturated heterocycles. The molecule has 0 radical (unpaired) electrons. The molecule has 0 N–H and O–H groups in total. The second kappa shape index (κ2) is 10.0. The number of hydrogen-bond donors (Lipinski definition) is 0. The van der Waals surface area contributed by atoms with Crippen LogP contribution in [0.15, 0.2) is 64.3 Å². The van der Waals surface area contributed by atoms with Gasteiger partial charge in [0.1, 0.15) is 5.82 Å². The maximum absolute atomic E-state index is 14.4. The van der Waals surface area contributed by atoms with Crippen LogP contribution in [0.5, 0.6) is 0 Å². The van der Waals surface area contributed by atoms with Crippen LogP contribution < -0.4 is 11.2 Å². The molecule has 0 aliphatic carbocycles. The van der Waals surface area contributed by atoms with Gasteiger partial charge in [-0.2, -0.15) is 18.3 Å². The predicted molar refractivity (Wildman–Crippen MR) is 142 cm³/mol. The summed E-state index contributed by atoms with van der Waals surface area (Å²) in [5.41, 5.74) is -1.82. The quantitative estimate of drug-likeness (QED) is 0.283. The van der Waals surface area contributed by atoms with Crippen molar-refractivity contribution in [3.05, 3.63) is 108 Å². The van der Waals surface area contributed by atoms with Crippen LogP contribution in [0.4, 0.5) is 13.2 Å². The van der Waals surface area contributed by atoms with E-state index in [4.69, 9.17) is 23.2 Å². The van der Waals surface area contributed by atoms with Gasteiger partial charge in [0.05, 0.1) is 25.0 Å². The molecule has 13 heteroatoms. The first-order chi connectivity index (χ1) is 18.5. The van der Waals surface area contributed by atoms with Gasteiger partial charge in [0.15, 0.2) is 16.9 Å². The predicted octanol–water partition coefficient (Wildman–Crippen LogP) is 5.07. The Morgan fingerprint density at radius 1 is 0.897 bits per heavy atom. The number of benzene rings is 2. The zero-order chi connectivity index (χ0) is 28.1. The molecule has 5 aromatic rings. The highest BCUT2D eigenvalue weighted by Crippen LogP contribution is 2.34. The molecular weight excluding hydrogens is 556 g/mol. The van der Waals surface area contributed by atoms with Crippen molar-refractivity contribution in [3.8, 4) is 5.69 Å². The van der Waals surface area contributed by atoms with E-state index < -0.39 is 29.7 Å². The number of fused-ring (bicyclic) bond motifs is 1. The van der Waals surface area contributed by atoms with Crippen LogP contribution in [-0.4, -0.2) is 28.5 Å². The molecule has 0 atom stereocenters. The van der Waals surface area contributed by atoms with Gasteiger partial charge in [-0.3, -0.25) is 13.9 Å². The second-order valence-electron chi connectivity index (χ2n) is 8.90. The minimum absolute atomic E-state index is 0.00377. The van der Waals surface area contributed by atoms with Crippen LogP contribution in [0.2, 0.25) is 10.0 Å². The molecule has 3 heterocycles. The molecule has 8 nitrogen and oxygen atoms in total. The van der Waals surface area contributed by atoms with E-state index in [-0.39, 0.29) is 29.0 Å². The van der Waals surface area contributed by atoms with Crippen molar-refractivity contribution in [1.82, 2.24) is 28.5 Å². The van der Waals surface area contributed by atoms with Crippen LogP contribution in [0.25, 0.3) is 16.9 Å². The molecule has 2 aromatic carbocycles. The van der Waals surface area contributed by atoms with Gasteiger partial charge in [0, 0.05) is 29.1 Å². The summed E-state index contributed by atoms with van der Waals surface area (Å²) in [6.07, 6.45) is -3.29. The van der Waals surface area contributed by atoms with Crippen LogP contribution in [0.3, 0.4) is 0 Å². The van der Waals surface area contributed by atoms with Crippen molar-refractivity contribution in [1.29, 1.82) is 0 Å². The van der Waals surface area contributed by atoms with Crippen molar-refractivity contribution in [2.24, 2.45) is 7.05 Å². The number of rotatable bonds is 6. The molecule has 0 fully saturated rings. The van der Waals surface area contributed by atoms with E-state index in [1.807, 2.05) is 6.92 Å². The summed E-state index contributed by atoms with van der Waals surface area (Å²) in [5, 5.41) is 4.82. The maximum atomic E-state index is 14.4. The van der Waals surface area contributed by atoms with E-state index >= 15 is 0 Å². The third-order valence-corrected chi connectivity index (χ3v) is 6.92. The minimum atomic E-state index is -4.80. The molecule has 0 saturated carbocycles. The number of hydrogen-bond acceptors (Lipinski definition) is 4. The summed E-state index contributed by atoms with van der Waals surface area (Å²) < 4.78 is 47.4. The second-order valence-corrected chi connectivity index (χ2v) is 9.78. The topological polar surface area (TPSA) is 79.6 Å². The molecule has 0 bridgehead atoms. The Labute approximate surface area is 229 Å². The van der Waals surface area contributed by atoms with Gasteiger partial charge in [-0.05, 0) is 42.0 Å². The van der Waals surface area contributed by atoms with Crippen LogP contribution in [0, 0.1) is 0 Å². The largest absolute Gasteiger partial charge is 0.433 e. The van der Waals surface area contributed by atoms with E-state index in [0.29, 0.717) is 27.9 Å². The lowest BCUT2D eigenvalue weighted by Gasteiger charge is -2.15. The molecule has 39 heavy (non-hydrogen) atoms. The normalized spacial score (nSPS) is 12.0. The smallest absolute Gasteiger partial charge is 0.325 e. The third kappa shape index (κ3) is 4.87. The van der Waals surface area contributed by atoms with Gasteiger partial charge >= 0.3 is 11.9 Å². The lowest BCUT2D eigenvalue weighted by atomic mass is 10.2. The molecule has 202 valence electrons. The zero-order valence-corrected chi connectivity index (χ0v) is 22.2. The Kier molecular flexibility index (Phi) is 6.90. The van der Waals surface area contributed by atoms with Gasteiger partial charge in [-0.15, -0.1) is 0 Å². The van der Waals surface area contributed by atoms with Crippen molar-refractivity contribution < 1.29 is 13.2 Å². The van der Waals surface area contributed by atoms with Gasteiger partial charge in [-0.1, -0.05) is 42.3 Å². The monoisotopic (exact) mass is 576 g/mol. The summed E-state index contributed by atoms with van der Waals surface area (Å²) in [7, 11) is 1.64. The SMILES string of the molecule is CCc1nc2c(c(=O)n(Cc3ccc(Cl)cc3)c(=O)n2Cc2cnn(-c3ccc(Cl)cc3)c2C(F)(F)F)n1C. The minimum Gasteiger partial charge on any atom is -0.325 e. The van der Waals surface area contributed by atoms with Crippen LogP contribution >= 0.6 is 23.2 Å². The Hall–Kier alpha value is -3.83. The van der Waals surface area contributed by atoms with Gasteiger partial charge in [-0.25, -0.2) is 14.5 Å². The van der Waals surface area contributed by atoms with Crippen LogP contribution in [-0.2, 0) is 32.7 Å². The van der Waals surface area contributed by atoms with Gasteiger partial charge in [0.25, 0.3) is 5.56 Å². The molecule has 0 unspecified atom stereocenters. The van der Waals surface area contributed by atoms with E-state index in [1.165, 1.54) is 24.3 Å². The Morgan fingerprint density at radius 3 is 2.10 bits per heavy atom. The third-order valence-electron chi connectivity index (χ3n) is 6.42. The molecular formula is C26H21Cl2F3N6O2. The summed E-state index contributed by atoms with van der Waals surface area (Å²) >= 11 is 11.9. The van der Waals surface area contributed by atoms with E-state index in [9.17, 15) is 22.8 Å². The van der Waals surface area contributed by atoms with Gasteiger partial charge < -0.3 is 4.57 Å². The summed E-state index contributed by atoms with van der Waals surface area (Å²) in [5.74, 6) is 0.507. The first-order valence-electron chi connectivity index (χ1n) is 11.8. The van der Waals surface area contributed by atoms with Crippen molar-refractivity contribution >= 4 is 34.4 Å². The Morgan fingerprint density at radius 2 is 1.51 bits per heavy atom. The fourth-order valence-corrected chi connectivity index (χ4v) is 4.78. The summed E-state index contributed by atoms with van der Waals surface area (Å²) in [6, 6.07) is 12.3. The number of halogens is 5. The maximum Gasteiger partial charge on any atom is 0.433 e. The highest BCUT2D eigenvalue weighted by Gasteiger charge is 2.39. The molecule has 0 aliphatic rings. The lowest BCUT2D eigenvalue weighted by molar-refractivity contribution is -0.143. The van der Waals surface area contributed by atoms with Gasteiger partial charge in [0.2, 0.25) is 0 Å². The first-order valence-corrected chi connectivity index (χ1v) is 12.6. The summed E-state index contributed by atoms with van der Waals surface area (Å²) in [6.45, 7) is 1.21. The molecule has 0 aliphatic heterocycles. The average Bonchev–Trinajstić information content (AvgIpc) is 3.47. The van der Waals surface area contributed by atoms with Crippen molar-refractivity contribution in [3.63, 3.8) is 0 Å². The number of imidazole rings is 1. The van der Waals surface area contributed by atoms with Crippen molar-refractivity contribution in [2.75, 3.05) is 0 Å². The van der Waals surface area contributed by atoms with E-state index in [0.717, 1.165) is 20.0 Å². The first kappa shape index (κ1) is 26.8. The van der Waals surface area contributed by atoms with E-state index in [2.05, 4.69) is 10.1 Å². The fourth-order valence-electron chi connectivity index (χ4n) is 4.53. The molecule has 5 rings (SSSR count). The molecule has 0 amide bonds. The number of nitrogens with zero attached hydrogens (tertiary/aromatic N) is 6. The van der Waals surface area contributed by atoms with Crippen LogP contribution in [0.1, 0.15) is 29.6 Å². The number of aromatic nitrogens is 6. The fraction of sp³-hybridized carbons (Fsp3) is 0.231.